The molecule has 2 unspecified atom stereocenters. The zero-order valence-electron chi connectivity index (χ0n) is 15.4. The lowest BCUT2D eigenvalue weighted by atomic mass is 10.00. The van der Waals surface area contributed by atoms with Crippen LogP contribution in [0.4, 0.5) is 10.2 Å². The number of hydrogen-bond acceptors (Lipinski definition) is 5. The first-order chi connectivity index (χ1) is 13.3. The second-order valence-corrected chi connectivity index (χ2v) is 8.06. The summed E-state index contributed by atoms with van der Waals surface area (Å²) in [6, 6.07) is 10.9. The Kier molecular flexibility index (Phi) is 4.53. The fourth-order valence-electron chi connectivity index (χ4n) is 4.66. The number of piperidine rings is 1. The maximum absolute atomic E-state index is 13.9. The average molecular weight is 368 g/mol. The van der Waals surface area contributed by atoms with Crippen molar-refractivity contribution in [2.45, 2.75) is 18.9 Å². The van der Waals surface area contributed by atoms with Gasteiger partial charge in [-0.1, -0.05) is 12.1 Å². The van der Waals surface area contributed by atoms with Gasteiger partial charge in [-0.3, -0.25) is 0 Å². The smallest absolute Gasteiger partial charge is 0.148 e. The van der Waals surface area contributed by atoms with Gasteiger partial charge in [0.1, 0.15) is 11.6 Å². The Morgan fingerprint density at radius 3 is 2.52 bits per heavy atom. The van der Waals surface area contributed by atoms with Crippen LogP contribution >= 0.6 is 0 Å². The van der Waals surface area contributed by atoms with E-state index in [2.05, 4.69) is 20.4 Å². The topological polar surface area (TPSA) is 50.3 Å². The van der Waals surface area contributed by atoms with Crippen molar-refractivity contribution in [1.82, 2.24) is 15.1 Å². The number of rotatable bonds is 5. The van der Waals surface area contributed by atoms with Gasteiger partial charge in [0.2, 0.25) is 0 Å². The summed E-state index contributed by atoms with van der Waals surface area (Å²) in [5.74, 6) is 2.76. The molecule has 1 saturated carbocycles. The summed E-state index contributed by atoms with van der Waals surface area (Å²) in [5.41, 5.74) is 1.06. The molecule has 6 heteroatoms. The van der Waals surface area contributed by atoms with E-state index in [4.69, 9.17) is 4.74 Å². The maximum Gasteiger partial charge on any atom is 0.148 e. The Hall–Kier alpha value is -2.05. The first-order valence-electron chi connectivity index (χ1n) is 9.93. The first kappa shape index (κ1) is 17.1. The molecule has 2 aliphatic heterocycles. The summed E-state index contributed by atoms with van der Waals surface area (Å²) < 4.78 is 19.3. The zero-order chi connectivity index (χ0) is 18.2. The molecule has 3 aliphatic rings. The minimum Gasteiger partial charge on any atom is -0.381 e. The fourth-order valence-corrected chi connectivity index (χ4v) is 4.66. The molecule has 1 N–H and O–H groups in total. The predicted octanol–water partition coefficient (Wildman–Crippen LogP) is 3.05. The first-order valence-corrected chi connectivity index (χ1v) is 9.93. The molecule has 2 atom stereocenters. The molecule has 0 amide bonds. The number of benzene rings is 1. The highest BCUT2D eigenvalue weighted by molar-refractivity contribution is 5.60. The van der Waals surface area contributed by atoms with Crippen molar-refractivity contribution in [3.63, 3.8) is 0 Å². The molecule has 1 aliphatic carbocycles. The van der Waals surface area contributed by atoms with Crippen molar-refractivity contribution in [1.29, 1.82) is 0 Å². The van der Waals surface area contributed by atoms with Crippen LogP contribution in [0, 0.1) is 23.6 Å². The van der Waals surface area contributed by atoms with Gasteiger partial charge in [0.25, 0.3) is 0 Å². The van der Waals surface area contributed by atoms with E-state index in [9.17, 15) is 4.39 Å². The summed E-state index contributed by atoms with van der Waals surface area (Å²) in [6.45, 7) is 5.44. The van der Waals surface area contributed by atoms with Crippen LogP contribution in [0.3, 0.4) is 0 Å². The molecule has 0 spiro atoms. The van der Waals surface area contributed by atoms with Crippen LogP contribution in [0.15, 0.2) is 36.4 Å². The molecule has 5 rings (SSSR count). The van der Waals surface area contributed by atoms with Gasteiger partial charge in [-0.05, 0) is 54.9 Å². The van der Waals surface area contributed by atoms with E-state index >= 15 is 0 Å². The number of aromatic nitrogens is 2. The molecule has 2 aromatic rings. The van der Waals surface area contributed by atoms with Gasteiger partial charge in [-0.2, -0.15) is 0 Å². The molecule has 2 saturated heterocycles. The van der Waals surface area contributed by atoms with Crippen molar-refractivity contribution in [3.8, 4) is 11.3 Å². The molecule has 3 heterocycles. The Morgan fingerprint density at radius 2 is 1.81 bits per heavy atom. The van der Waals surface area contributed by atoms with E-state index in [-0.39, 0.29) is 5.82 Å². The van der Waals surface area contributed by atoms with Crippen molar-refractivity contribution in [3.05, 3.63) is 42.2 Å². The normalized spacial score (nSPS) is 28.1. The third-order valence-corrected chi connectivity index (χ3v) is 6.26. The molecule has 0 radical (unpaired) electrons. The number of ether oxygens (including phenoxy) is 1. The molecule has 5 nitrogen and oxygen atoms in total. The van der Waals surface area contributed by atoms with Crippen LogP contribution in [0.25, 0.3) is 11.3 Å². The van der Waals surface area contributed by atoms with Gasteiger partial charge in [-0.15, -0.1) is 10.2 Å². The Labute approximate surface area is 158 Å². The molecule has 27 heavy (non-hydrogen) atoms. The van der Waals surface area contributed by atoms with Crippen molar-refractivity contribution >= 4 is 5.82 Å². The summed E-state index contributed by atoms with van der Waals surface area (Å²) >= 11 is 0. The fraction of sp³-hybridized carbons (Fsp3) is 0.524. The Balaban J connectivity index is 1.14. The quantitative estimate of drug-likeness (QED) is 0.879. The highest BCUT2D eigenvalue weighted by Gasteiger charge is 2.55. The highest BCUT2D eigenvalue weighted by Crippen LogP contribution is 2.47. The van der Waals surface area contributed by atoms with Crippen LogP contribution in [0.5, 0.6) is 0 Å². The minimum absolute atomic E-state index is 0.270. The number of fused-ring (bicyclic) bond motifs is 1. The van der Waals surface area contributed by atoms with E-state index < -0.39 is 0 Å². The largest absolute Gasteiger partial charge is 0.381 e. The van der Waals surface area contributed by atoms with Gasteiger partial charge in [0, 0.05) is 44.5 Å². The second-order valence-electron chi connectivity index (χ2n) is 8.06. The van der Waals surface area contributed by atoms with E-state index in [0.717, 1.165) is 36.8 Å². The van der Waals surface area contributed by atoms with Crippen LogP contribution in [0.1, 0.15) is 12.8 Å². The number of nitrogens with zero attached hydrogens (tertiary/aromatic N) is 3. The molecule has 1 aromatic heterocycles. The summed E-state index contributed by atoms with van der Waals surface area (Å²) in [6.07, 6.45) is 2.41. The predicted molar refractivity (Wildman–Crippen MR) is 102 cm³/mol. The molecule has 3 fully saturated rings. The third-order valence-electron chi connectivity index (χ3n) is 6.26. The van der Waals surface area contributed by atoms with E-state index in [0.29, 0.717) is 17.3 Å². The lowest BCUT2D eigenvalue weighted by molar-refractivity contribution is 0.0540. The third kappa shape index (κ3) is 3.56. The van der Waals surface area contributed by atoms with Crippen LogP contribution in [0.2, 0.25) is 0 Å². The zero-order valence-corrected chi connectivity index (χ0v) is 15.4. The Morgan fingerprint density at radius 1 is 1.04 bits per heavy atom. The molecule has 1 aromatic carbocycles. The standard InChI is InChI=1S/C21H25FN4O/c22-18-4-2-1-3-15(18)19-5-6-20(25-24-19)23-21-16-12-26(13-17(16)21)11-14-7-9-27-10-8-14/h1-6,14,16-17,21H,7-13H2,(H,23,25). The van der Waals surface area contributed by atoms with Gasteiger partial charge in [-0.25, -0.2) is 4.39 Å². The summed E-state index contributed by atoms with van der Waals surface area (Å²) in [7, 11) is 0. The summed E-state index contributed by atoms with van der Waals surface area (Å²) in [5, 5.41) is 12.0. The van der Waals surface area contributed by atoms with Crippen LogP contribution in [-0.4, -0.2) is 54.0 Å². The number of anilines is 1. The maximum atomic E-state index is 13.9. The highest BCUT2D eigenvalue weighted by atomic mass is 19.1. The molecular formula is C21H25FN4O. The number of hydrogen-bond donors (Lipinski definition) is 1. The van der Waals surface area contributed by atoms with Crippen molar-refractivity contribution < 1.29 is 9.13 Å². The molecular weight excluding hydrogens is 343 g/mol. The van der Waals surface area contributed by atoms with Gasteiger partial charge < -0.3 is 15.0 Å². The lowest BCUT2D eigenvalue weighted by Gasteiger charge is -2.28. The average Bonchev–Trinajstić information content (AvgIpc) is 3.14. The van der Waals surface area contributed by atoms with E-state index in [1.54, 1.807) is 12.1 Å². The van der Waals surface area contributed by atoms with E-state index in [1.165, 1.54) is 38.5 Å². The number of halogens is 1. The van der Waals surface area contributed by atoms with Crippen LogP contribution < -0.4 is 5.32 Å². The second kappa shape index (κ2) is 7.17. The van der Waals surface area contributed by atoms with Crippen molar-refractivity contribution in [2.24, 2.45) is 17.8 Å². The number of likely N-dealkylation sites (tertiary alicyclic amines) is 1. The van der Waals surface area contributed by atoms with E-state index in [1.807, 2.05) is 18.2 Å². The van der Waals surface area contributed by atoms with Gasteiger partial charge in [0.05, 0.1) is 5.69 Å². The SMILES string of the molecule is Fc1ccccc1-c1ccc(NC2C3CN(CC4CCOCC4)CC32)nn1. The van der Waals surface area contributed by atoms with Gasteiger partial charge in [0.15, 0.2) is 0 Å². The molecule has 0 bridgehead atoms. The lowest BCUT2D eigenvalue weighted by Crippen LogP contribution is -2.34. The van der Waals surface area contributed by atoms with Gasteiger partial charge >= 0.3 is 0 Å². The Bertz CT molecular complexity index is 781. The molecule has 142 valence electrons. The monoisotopic (exact) mass is 368 g/mol. The van der Waals surface area contributed by atoms with Crippen molar-refractivity contribution in [2.75, 3.05) is 38.2 Å². The van der Waals surface area contributed by atoms with Crippen LogP contribution in [-0.2, 0) is 4.74 Å². The summed E-state index contributed by atoms with van der Waals surface area (Å²) in [4.78, 5) is 2.62. The number of nitrogens with one attached hydrogen (secondary N) is 1. The minimum atomic E-state index is -0.270.